The Labute approximate surface area is 113 Å². The molecule has 1 unspecified atom stereocenters. The van der Waals surface area contributed by atoms with Crippen LogP contribution in [0.15, 0.2) is 30.3 Å². The lowest BCUT2D eigenvalue weighted by molar-refractivity contribution is 0.0173. The van der Waals surface area contributed by atoms with E-state index in [1.165, 1.54) is 5.56 Å². The van der Waals surface area contributed by atoms with E-state index in [4.69, 9.17) is 0 Å². The van der Waals surface area contributed by atoms with Crippen molar-refractivity contribution in [3.8, 4) is 0 Å². The van der Waals surface area contributed by atoms with Gasteiger partial charge in [-0.2, -0.15) is 5.10 Å². The molecule has 1 atom stereocenters. The highest BCUT2D eigenvalue weighted by atomic mass is 16.3. The van der Waals surface area contributed by atoms with Gasteiger partial charge >= 0.3 is 0 Å². The van der Waals surface area contributed by atoms with Gasteiger partial charge < -0.3 is 5.11 Å². The van der Waals surface area contributed by atoms with E-state index in [0.717, 1.165) is 36.2 Å². The van der Waals surface area contributed by atoms with Gasteiger partial charge in [-0.15, -0.1) is 0 Å². The smallest absolute Gasteiger partial charge is 0.0954 e. The van der Waals surface area contributed by atoms with Crippen LogP contribution >= 0.6 is 0 Å². The zero-order valence-electron chi connectivity index (χ0n) is 11.6. The lowest BCUT2D eigenvalue weighted by Crippen LogP contribution is -2.33. The molecule has 0 fully saturated rings. The van der Waals surface area contributed by atoms with E-state index in [1.54, 1.807) is 0 Å². The Morgan fingerprint density at radius 1 is 1.37 bits per heavy atom. The highest BCUT2D eigenvalue weighted by Crippen LogP contribution is 2.37. The first kappa shape index (κ1) is 12.4. The van der Waals surface area contributed by atoms with Crippen molar-refractivity contribution in [3.63, 3.8) is 0 Å². The van der Waals surface area contributed by atoms with E-state index < -0.39 is 5.60 Å². The molecule has 100 valence electrons. The number of hydrogen-bond donors (Lipinski definition) is 1. The summed E-state index contributed by atoms with van der Waals surface area (Å²) in [7, 11) is 1.94. The third-order valence-electron chi connectivity index (χ3n) is 4.13. The topological polar surface area (TPSA) is 38.0 Å². The zero-order valence-corrected chi connectivity index (χ0v) is 11.6. The summed E-state index contributed by atoms with van der Waals surface area (Å²) in [6, 6.07) is 10.3. The summed E-state index contributed by atoms with van der Waals surface area (Å²) >= 11 is 0. The quantitative estimate of drug-likeness (QED) is 0.896. The van der Waals surface area contributed by atoms with Gasteiger partial charge in [-0.1, -0.05) is 24.3 Å². The van der Waals surface area contributed by atoms with Gasteiger partial charge in [0, 0.05) is 19.2 Å². The lowest BCUT2D eigenvalue weighted by Gasteiger charge is -2.34. The molecule has 0 spiro atoms. The summed E-state index contributed by atoms with van der Waals surface area (Å²) in [5.74, 6) is 0. The first-order valence-corrected chi connectivity index (χ1v) is 6.89. The van der Waals surface area contributed by atoms with Crippen LogP contribution in [0.4, 0.5) is 0 Å². The third-order valence-corrected chi connectivity index (χ3v) is 4.13. The van der Waals surface area contributed by atoms with Crippen LogP contribution in [0.1, 0.15) is 35.4 Å². The van der Waals surface area contributed by atoms with E-state index in [-0.39, 0.29) is 0 Å². The summed E-state index contributed by atoms with van der Waals surface area (Å²) in [5.41, 5.74) is 3.74. The second kappa shape index (κ2) is 4.49. The minimum atomic E-state index is -0.741. The van der Waals surface area contributed by atoms with Gasteiger partial charge in [0.1, 0.15) is 0 Å². The van der Waals surface area contributed by atoms with Gasteiger partial charge in [-0.25, -0.2) is 0 Å². The van der Waals surface area contributed by atoms with Crippen LogP contribution in [0, 0.1) is 6.92 Å². The monoisotopic (exact) mass is 256 g/mol. The van der Waals surface area contributed by atoms with Crippen molar-refractivity contribution in [2.75, 3.05) is 0 Å². The predicted octanol–water partition coefficient (Wildman–Crippen LogP) is 2.50. The highest BCUT2D eigenvalue weighted by Gasteiger charge is 2.35. The fourth-order valence-corrected chi connectivity index (χ4v) is 3.21. The molecule has 0 saturated carbocycles. The number of aromatic nitrogens is 2. The van der Waals surface area contributed by atoms with Crippen molar-refractivity contribution in [3.05, 3.63) is 52.8 Å². The molecule has 19 heavy (non-hydrogen) atoms. The molecule has 0 radical (unpaired) electrons. The van der Waals surface area contributed by atoms with Crippen molar-refractivity contribution < 1.29 is 5.11 Å². The van der Waals surface area contributed by atoms with Crippen LogP contribution in [0.3, 0.4) is 0 Å². The Balaban J connectivity index is 1.98. The highest BCUT2D eigenvalue weighted by molar-refractivity contribution is 5.35. The number of rotatable bonds is 2. The Morgan fingerprint density at radius 3 is 2.89 bits per heavy atom. The minimum absolute atomic E-state index is 0.640. The lowest BCUT2D eigenvalue weighted by atomic mass is 9.76. The summed E-state index contributed by atoms with van der Waals surface area (Å²) in [6.07, 6.45) is 3.59. The number of aryl methyl sites for hydroxylation is 3. The Hall–Kier alpha value is -1.61. The Kier molecular flexibility index (Phi) is 2.94. The van der Waals surface area contributed by atoms with Gasteiger partial charge in [-0.05, 0) is 43.4 Å². The molecule has 0 aliphatic heterocycles. The Morgan fingerprint density at radius 2 is 2.16 bits per heavy atom. The van der Waals surface area contributed by atoms with Crippen molar-refractivity contribution in [2.45, 2.75) is 38.2 Å². The van der Waals surface area contributed by atoms with E-state index in [0.29, 0.717) is 6.42 Å². The molecule has 1 heterocycles. The molecule has 3 heteroatoms. The largest absolute Gasteiger partial charge is 0.385 e. The molecule has 1 N–H and O–H groups in total. The molecule has 1 aromatic carbocycles. The first-order valence-electron chi connectivity index (χ1n) is 6.89. The van der Waals surface area contributed by atoms with Crippen molar-refractivity contribution in [1.29, 1.82) is 0 Å². The van der Waals surface area contributed by atoms with Crippen LogP contribution < -0.4 is 0 Å². The number of hydrogen-bond acceptors (Lipinski definition) is 2. The maximum atomic E-state index is 11.1. The van der Waals surface area contributed by atoms with Crippen molar-refractivity contribution in [2.24, 2.45) is 7.05 Å². The van der Waals surface area contributed by atoms with Crippen LogP contribution in [-0.4, -0.2) is 14.9 Å². The molecule has 2 aromatic rings. The molecule has 0 saturated heterocycles. The van der Waals surface area contributed by atoms with Crippen molar-refractivity contribution >= 4 is 0 Å². The molecule has 0 amide bonds. The van der Waals surface area contributed by atoms with E-state index in [2.05, 4.69) is 29.4 Å². The van der Waals surface area contributed by atoms with Crippen LogP contribution in [0.25, 0.3) is 0 Å². The second-order valence-corrected chi connectivity index (χ2v) is 5.62. The number of benzene rings is 1. The Bertz CT molecular complexity index is 603. The summed E-state index contributed by atoms with van der Waals surface area (Å²) < 4.78 is 1.88. The average Bonchev–Trinajstić information content (AvgIpc) is 2.68. The maximum absolute atomic E-state index is 11.1. The first-order chi connectivity index (χ1) is 9.08. The summed E-state index contributed by atoms with van der Waals surface area (Å²) in [5, 5.41) is 15.4. The molecular formula is C16H20N2O. The number of fused-ring (bicyclic) bond motifs is 1. The van der Waals surface area contributed by atoms with Crippen LogP contribution in [0.5, 0.6) is 0 Å². The average molecular weight is 256 g/mol. The molecule has 3 nitrogen and oxygen atoms in total. The molecular weight excluding hydrogens is 236 g/mol. The predicted molar refractivity (Wildman–Crippen MR) is 74.9 cm³/mol. The maximum Gasteiger partial charge on any atom is 0.0954 e. The molecule has 3 rings (SSSR count). The minimum Gasteiger partial charge on any atom is -0.385 e. The molecule has 1 aliphatic carbocycles. The summed E-state index contributed by atoms with van der Waals surface area (Å²) in [6.45, 7) is 1.99. The summed E-state index contributed by atoms with van der Waals surface area (Å²) in [4.78, 5) is 0. The van der Waals surface area contributed by atoms with E-state index in [9.17, 15) is 5.11 Å². The second-order valence-electron chi connectivity index (χ2n) is 5.62. The molecule has 1 aliphatic rings. The van der Waals surface area contributed by atoms with Gasteiger partial charge in [0.25, 0.3) is 0 Å². The van der Waals surface area contributed by atoms with E-state index in [1.807, 2.05) is 24.7 Å². The molecule has 1 aromatic heterocycles. The SMILES string of the molecule is Cc1cc(CC2(O)CCCc3ccccc32)n(C)n1. The third kappa shape index (κ3) is 2.19. The van der Waals surface area contributed by atoms with Gasteiger partial charge in [-0.3, -0.25) is 4.68 Å². The fraction of sp³-hybridized carbons (Fsp3) is 0.438. The van der Waals surface area contributed by atoms with Gasteiger partial charge in [0.15, 0.2) is 0 Å². The fourth-order valence-electron chi connectivity index (χ4n) is 3.21. The van der Waals surface area contributed by atoms with Crippen LogP contribution in [-0.2, 0) is 25.5 Å². The van der Waals surface area contributed by atoms with Gasteiger partial charge in [0.05, 0.1) is 11.3 Å². The normalized spacial score (nSPS) is 22.3. The van der Waals surface area contributed by atoms with E-state index >= 15 is 0 Å². The number of aliphatic hydroxyl groups is 1. The van der Waals surface area contributed by atoms with Crippen LogP contribution in [0.2, 0.25) is 0 Å². The zero-order chi connectivity index (χ0) is 13.5. The standard InChI is InChI=1S/C16H20N2O/c1-12-10-14(18(2)17-12)11-16(19)9-5-7-13-6-3-4-8-15(13)16/h3-4,6,8,10,19H,5,7,9,11H2,1-2H3. The van der Waals surface area contributed by atoms with Crippen molar-refractivity contribution in [1.82, 2.24) is 9.78 Å². The number of nitrogens with zero attached hydrogens (tertiary/aromatic N) is 2. The molecule has 0 bridgehead atoms. The van der Waals surface area contributed by atoms with Gasteiger partial charge in [0.2, 0.25) is 0 Å².